The van der Waals surface area contributed by atoms with Gasteiger partial charge in [0.15, 0.2) is 0 Å². The number of carbonyl (C=O) groups is 2. The molecule has 62 heavy (non-hydrogen) atoms. The molecular formula is C51H64Cl2O7S2. The summed E-state index contributed by atoms with van der Waals surface area (Å²) in [5.41, 5.74) is 6.81. The summed E-state index contributed by atoms with van der Waals surface area (Å²) in [5, 5.41) is 21.0. The van der Waals surface area contributed by atoms with Gasteiger partial charge in [-0.25, -0.2) is 9.59 Å². The maximum atomic E-state index is 12.0. The van der Waals surface area contributed by atoms with Crippen LogP contribution in [0.5, 0.6) is 0 Å². The van der Waals surface area contributed by atoms with E-state index in [9.17, 15) is 19.8 Å². The first-order valence-corrected chi connectivity index (χ1v) is 24.9. The van der Waals surface area contributed by atoms with Crippen LogP contribution in [0, 0.1) is 23.7 Å². The van der Waals surface area contributed by atoms with Gasteiger partial charge in [-0.05, 0) is 136 Å². The third-order valence-corrected chi connectivity index (χ3v) is 14.9. The van der Waals surface area contributed by atoms with E-state index in [4.69, 9.17) is 37.4 Å². The summed E-state index contributed by atoms with van der Waals surface area (Å²) in [6.07, 6.45) is 12.6. The summed E-state index contributed by atoms with van der Waals surface area (Å²) in [5.74, 6) is 0.0906. The molecule has 0 saturated heterocycles. The minimum Gasteiger partial charge on any atom is -0.462 e. The van der Waals surface area contributed by atoms with Crippen molar-refractivity contribution >= 4 is 63.9 Å². The average molecular weight is 924 g/mol. The van der Waals surface area contributed by atoms with E-state index in [2.05, 4.69) is 36.9 Å². The van der Waals surface area contributed by atoms with Gasteiger partial charge in [-0.3, -0.25) is 0 Å². The van der Waals surface area contributed by atoms with Crippen molar-refractivity contribution in [3.63, 3.8) is 0 Å². The van der Waals surface area contributed by atoms with Gasteiger partial charge in [0, 0.05) is 32.3 Å². The normalized spacial score (nSPS) is 23.0. The van der Waals surface area contributed by atoms with Crippen LogP contribution in [0.1, 0.15) is 118 Å². The zero-order valence-electron chi connectivity index (χ0n) is 36.4. The molecule has 2 aromatic carbocycles. The quantitative estimate of drug-likeness (QED) is 0.0487. The monoisotopic (exact) mass is 922 g/mol. The van der Waals surface area contributed by atoms with Gasteiger partial charge in [0.25, 0.3) is 0 Å². The van der Waals surface area contributed by atoms with Gasteiger partial charge in [0.2, 0.25) is 0 Å². The second-order valence-corrected chi connectivity index (χ2v) is 19.8. The molecule has 0 spiro atoms. The summed E-state index contributed by atoms with van der Waals surface area (Å²) in [6.45, 7) is 8.12. The lowest BCUT2D eigenvalue weighted by molar-refractivity contribution is 0.0200. The Morgan fingerprint density at radius 2 is 1.31 bits per heavy atom. The Kier molecular flexibility index (Phi) is 21.3. The molecule has 0 aliphatic heterocycles. The molecule has 2 aliphatic rings. The zero-order valence-corrected chi connectivity index (χ0v) is 39.5. The fourth-order valence-corrected chi connectivity index (χ4v) is 11.2. The highest BCUT2D eigenvalue weighted by Gasteiger charge is 2.41. The highest BCUT2D eigenvalue weighted by atomic mass is 35.5. The zero-order chi connectivity index (χ0) is 44.3. The number of hydrogen-bond acceptors (Lipinski definition) is 9. The summed E-state index contributed by atoms with van der Waals surface area (Å²) in [6, 6.07) is 26.2. The third kappa shape index (κ3) is 15.5. The molecule has 2 fully saturated rings. The molecule has 0 amide bonds. The number of esters is 2. The molecule has 6 rings (SSSR count). The van der Waals surface area contributed by atoms with E-state index in [1.807, 2.05) is 80.6 Å². The van der Waals surface area contributed by atoms with Crippen molar-refractivity contribution in [1.29, 1.82) is 0 Å². The minimum atomic E-state index is -0.421. The second kappa shape index (κ2) is 26.5. The van der Waals surface area contributed by atoms with Crippen molar-refractivity contribution in [3.05, 3.63) is 127 Å². The van der Waals surface area contributed by atoms with Crippen LogP contribution in [0.3, 0.4) is 0 Å². The molecule has 2 heterocycles. The van der Waals surface area contributed by atoms with Crippen LogP contribution in [-0.2, 0) is 40.1 Å². The summed E-state index contributed by atoms with van der Waals surface area (Å²) in [4.78, 5) is 27.6. The molecular weight excluding hydrogens is 860 g/mol. The lowest BCUT2D eigenvalue weighted by atomic mass is 9.89. The molecule has 2 aliphatic carbocycles. The van der Waals surface area contributed by atoms with Crippen LogP contribution in [-0.4, -0.2) is 64.9 Å². The van der Waals surface area contributed by atoms with Gasteiger partial charge >= 0.3 is 11.9 Å². The molecule has 2 saturated carbocycles. The predicted molar refractivity (Wildman–Crippen MR) is 255 cm³/mol. The van der Waals surface area contributed by atoms with E-state index in [-0.39, 0.29) is 46.4 Å². The van der Waals surface area contributed by atoms with Crippen molar-refractivity contribution in [3.8, 4) is 0 Å². The van der Waals surface area contributed by atoms with Crippen molar-refractivity contribution in [2.24, 2.45) is 23.7 Å². The van der Waals surface area contributed by atoms with Crippen molar-refractivity contribution in [2.75, 3.05) is 19.8 Å². The molecule has 0 bridgehead atoms. The van der Waals surface area contributed by atoms with Gasteiger partial charge < -0.3 is 24.4 Å². The van der Waals surface area contributed by atoms with Gasteiger partial charge in [-0.15, -0.1) is 51.6 Å². The number of hydrogen-bond donors (Lipinski definition) is 2. The highest BCUT2D eigenvalue weighted by molar-refractivity contribution is 7.14. The number of aliphatic hydroxyl groups is 2. The molecule has 7 nitrogen and oxygen atoms in total. The van der Waals surface area contributed by atoms with Gasteiger partial charge in [0.1, 0.15) is 9.75 Å². The Morgan fingerprint density at radius 3 is 1.92 bits per heavy atom. The summed E-state index contributed by atoms with van der Waals surface area (Å²) >= 11 is 16.2. The Bertz CT molecular complexity index is 2010. The second-order valence-electron chi connectivity index (χ2n) is 16.4. The lowest BCUT2D eigenvalue weighted by Crippen LogP contribution is -2.26. The van der Waals surface area contributed by atoms with Crippen LogP contribution in [0.4, 0.5) is 0 Å². The minimum absolute atomic E-state index is 0.0232. The molecule has 0 radical (unpaired) electrons. The molecule has 336 valence electrons. The molecule has 8 atom stereocenters. The van der Waals surface area contributed by atoms with Crippen molar-refractivity contribution in [1.82, 2.24) is 0 Å². The number of halogens is 2. The van der Waals surface area contributed by atoms with Crippen LogP contribution in [0.2, 0.25) is 0 Å². The first kappa shape index (κ1) is 49.8. The van der Waals surface area contributed by atoms with Crippen LogP contribution >= 0.6 is 45.9 Å². The van der Waals surface area contributed by atoms with Crippen molar-refractivity contribution < 1.29 is 34.0 Å². The number of carbonyl (C=O) groups excluding carboxylic acids is 2. The number of rotatable bonds is 21. The van der Waals surface area contributed by atoms with E-state index in [0.29, 0.717) is 49.0 Å². The van der Waals surface area contributed by atoms with E-state index in [0.717, 1.165) is 63.4 Å². The fraction of sp³-hybridized carbons (Fsp3) is 0.510. The topological polar surface area (TPSA) is 102 Å². The highest BCUT2D eigenvalue weighted by Crippen LogP contribution is 2.41. The SMILES string of the molecule is CCCOC(=O)c1ccc(CCC[C@@H]2[C@@H](C=C=Cc3ccccc3)[C@H](O)C[C@H]2Cl)s1.CCCOC(=O)c1ccc(CCC[C@@H]2[C@@H](COCc3cccc(CC)c3)[C@H](O)C[C@H]2Cl)s1. The largest absolute Gasteiger partial charge is 0.462 e. The Balaban J connectivity index is 0.000000235. The number of aryl methyl sites for hydroxylation is 3. The average Bonchev–Trinajstić information content (AvgIpc) is 4.07. The number of thiophene rings is 2. The Hall–Kier alpha value is -3.24. The third-order valence-electron chi connectivity index (χ3n) is 11.7. The van der Waals surface area contributed by atoms with E-state index in [1.54, 1.807) is 0 Å². The smallest absolute Gasteiger partial charge is 0.348 e. The molecule has 2 aromatic heterocycles. The summed E-state index contributed by atoms with van der Waals surface area (Å²) in [7, 11) is 0. The molecule has 0 unspecified atom stereocenters. The molecule has 4 aromatic rings. The number of ether oxygens (including phenoxy) is 3. The van der Waals surface area contributed by atoms with E-state index >= 15 is 0 Å². The lowest BCUT2D eigenvalue weighted by Gasteiger charge is -2.23. The van der Waals surface area contributed by atoms with Crippen LogP contribution in [0.25, 0.3) is 6.08 Å². The first-order valence-electron chi connectivity index (χ1n) is 22.4. The molecule has 2 N–H and O–H groups in total. The number of aliphatic hydroxyl groups excluding tert-OH is 2. The standard InChI is InChI=1S/C26H35ClO4S.C25H29ClO3S/c1-3-13-31-26(29)25-12-11-20(32-25)9-6-10-21-22(24(28)15-23(21)27)17-30-16-19-8-5-7-18(4-2)14-19;1-2-16-29-25(28)24-15-14-19(30-24)11-7-12-20-21(23(27)17-22(20)26)13-6-10-18-8-4-3-5-9-18/h5,7-8,11-12,14,21-24,28H,3-4,6,9-10,13,15-17H2,1-2H3;3-5,8-10,13-15,20-23,27H,2,7,11-12,16-17H2,1H3/t21-,22-,23-,24-;6?,20-,21-,22-,23-/m11/s1. The maximum Gasteiger partial charge on any atom is 0.348 e. The van der Waals surface area contributed by atoms with Crippen LogP contribution < -0.4 is 0 Å². The first-order chi connectivity index (χ1) is 30.1. The van der Waals surface area contributed by atoms with Crippen molar-refractivity contribution in [2.45, 2.75) is 121 Å². The van der Waals surface area contributed by atoms with Gasteiger partial charge in [-0.1, -0.05) is 75.4 Å². The predicted octanol–water partition coefficient (Wildman–Crippen LogP) is 12.1. The maximum absolute atomic E-state index is 12.0. The van der Waals surface area contributed by atoms with Crippen LogP contribution in [0.15, 0.2) is 90.7 Å². The Morgan fingerprint density at radius 1 is 0.726 bits per heavy atom. The Labute approximate surface area is 387 Å². The number of benzene rings is 2. The van der Waals surface area contributed by atoms with E-state index in [1.165, 1.54) is 43.6 Å². The van der Waals surface area contributed by atoms with Gasteiger partial charge in [-0.2, -0.15) is 0 Å². The molecule has 11 heteroatoms. The number of alkyl halides is 2. The van der Waals surface area contributed by atoms with E-state index < -0.39 is 12.2 Å². The summed E-state index contributed by atoms with van der Waals surface area (Å²) < 4.78 is 16.4. The van der Waals surface area contributed by atoms with Gasteiger partial charge in [0.05, 0.1) is 38.6 Å². The fourth-order valence-electron chi connectivity index (χ4n) is 8.32.